The Morgan fingerprint density at radius 3 is 2.33 bits per heavy atom. The van der Waals surface area contributed by atoms with Gasteiger partial charge in [0.1, 0.15) is 5.82 Å². The molecule has 0 aliphatic rings. The van der Waals surface area contributed by atoms with E-state index in [0.29, 0.717) is 11.3 Å². The largest absolute Gasteiger partial charge is 0.322 e. The number of rotatable bonds is 3. The molecule has 0 saturated heterocycles. The Bertz CT molecular complexity index is 734. The van der Waals surface area contributed by atoms with E-state index in [2.05, 4.69) is 15.5 Å². The summed E-state index contributed by atoms with van der Waals surface area (Å²) in [6.07, 6.45) is 1.68. The molecule has 1 heterocycles. The Morgan fingerprint density at radius 2 is 1.71 bits per heavy atom. The number of carbonyl (C=O) groups is 1. The maximum absolute atomic E-state index is 12.8. The fourth-order valence-corrected chi connectivity index (χ4v) is 1.95. The lowest BCUT2D eigenvalue weighted by atomic mass is 10.1. The number of amides is 1. The van der Waals surface area contributed by atoms with Gasteiger partial charge < -0.3 is 5.32 Å². The zero-order valence-electron chi connectivity index (χ0n) is 11.0. The van der Waals surface area contributed by atoms with Crippen LogP contribution in [0.3, 0.4) is 0 Å². The summed E-state index contributed by atoms with van der Waals surface area (Å²) in [5, 5.41) is 9.53. The van der Waals surface area contributed by atoms with Crippen molar-refractivity contribution in [3.8, 4) is 11.3 Å². The van der Waals surface area contributed by atoms with Gasteiger partial charge in [0.25, 0.3) is 5.91 Å². The predicted octanol–water partition coefficient (Wildman–Crippen LogP) is 3.47. The van der Waals surface area contributed by atoms with Crippen molar-refractivity contribution in [2.24, 2.45) is 0 Å². The van der Waals surface area contributed by atoms with Crippen LogP contribution in [0, 0.1) is 5.82 Å². The number of nitrogens with zero attached hydrogens (tertiary/aromatic N) is 1. The van der Waals surface area contributed by atoms with Crippen LogP contribution in [0.2, 0.25) is 0 Å². The number of halogens is 1. The number of hydrogen-bond donors (Lipinski definition) is 2. The smallest absolute Gasteiger partial charge is 0.255 e. The minimum Gasteiger partial charge on any atom is -0.322 e. The molecule has 0 fully saturated rings. The van der Waals surface area contributed by atoms with Crippen LogP contribution in [0.5, 0.6) is 0 Å². The van der Waals surface area contributed by atoms with Gasteiger partial charge >= 0.3 is 0 Å². The second kappa shape index (κ2) is 5.58. The first kappa shape index (κ1) is 13.1. The molecule has 3 aromatic rings. The quantitative estimate of drug-likeness (QED) is 0.772. The van der Waals surface area contributed by atoms with E-state index in [1.807, 2.05) is 18.2 Å². The molecule has 1 amide bonds. The van der Waals surface area contributed by atoms with Crippen molar-refractivity contribution in [2.75, 3.05) is 5.32 Å². The summed E-state index contributed by atoms with van der Waals surface area (Å²) in [4.78, 5) is 12.0. The molecule has 21 heavy (non-hydrogen) atoms. The average Bonchev–Trinajstić information content (AvgIpc) is 3.03. The van der Waals surface area contributed by atoms with Gasteiger partial charge in [0.15, 0.2) is 0 Å². The monoisotopic (exact) mass is 281 g/mol. The fraction of sp³-hybridized carbons (Fsp3) is 0. The van der Waals surface area contributed by atoms with Gasteiger partial charge in [0, 0.05) is 17.4 Å². The maximum atomic E-state index is 12.8. The summed E-state index contributed by atoms with van der Waals surface area (Å²) in [7, 11) is 0. The molecule has 2 N–H and O–H groups in total. The number of H-pyrrole nitrogens is 1. The molecule has 0 atom stereocenters. The van der Waals surface area contributed by atoms with Crippen molar-refractivity contribution in [2.45, 2.75) is 0 Å². The van der Waals surface area contributed by atoms with Gasteiger partial charge in [-0.25, -0.2) is 4.39 Å². The van der Waals surface area contributed by atoms with E-state index in [-0.39, 0.29) is 11.7 Å². The summed E-state index contributed by atoms with van der Waals surface area (Å²) in [6, 6.07) is 14.7. The second-order valence-electron chi connectivity index (χ2n) is 4.51. The molecule has 0 saturated carbocycles. The third-order valence-corrected chi connectivity index (χ3v) is 3.06. The topological polar surface area (TPSA) is 57.8 Å². The number of aromatic amines is 1. The molecule has 2 aromatic carbocycles. The molecular weight excluding hydrogens is 269 g/mol. The van der Waals surface area contributed by atoms with E-state index in [1.165, 1.54) is 24.3 Å². The van der Waals surface area contributed by atoms with Crippen molar-refractivity contribution in [3.05, 3.63) is 72.2 Å². The number of benzene rings is 2. The lowest BCUT2D eigenvalue weighted by Crippen LogP contribution is -2.11. The Balaban J connectivity index is 1.73. The van der Waals surface area contributed by atoms with Gasteiger partial charge in [-0.05, 0) is 48.0 Å². The van der Waals surface area contributed by atoms with E-state index >= 15 is 0 Å². The molecule has 0 radical (unpaired) electrons. The van der Waals surface area contributed by atoms with Crippen LogP contribution in [0.25, 0.3) is 11.3 Å². The Hall–Kier alpha value is -2.95. The molecule has 5 heteroatoms. The molecule has 3 rings (SSSR count). The zero-order valence-corrected chi connectivity index (χ0v) is 11.0. The first-order chi connectivity index (χ1) is 10.2. The minimum atomic E-state index is -0.365. The van der Waals surface area contributed by atoms with Crippen LogP contribution >= 0.6 is 0 Å². The molecule has 4 nitrogen and oxygen atoms in total. The molecule has 1 aromatic heterocycles. The van der Waals surface area contributed by atoms with Crippen molar-refractivity contribution >= 4 is 11.6 Å². The Morgan fingerprint density at radius 1 is 1.00 bits per heavy atom. The number of carbonyl (C=O) groups excluding carboxylic acids is 1. The highest BCUT2D eigenvalue weighted by Crippen LogP contribution is 2.19. The lowest BCUT2D eigenvalue weighted by Gasteiger charge is -2.06. The van der Waals surface area contributed by atoms with Crippen LogP contribution in [0.1, 0.15) is 10.4 Å². The highest BCUT2D eigenvalue weighted by Gasteiger charge is 2.06. The van der Waals surface area contributed by atoms with Gasteiger partial charge in [-0.2, -0.15) is 5.10 Å². The predicted molar refractivity (Wildman–Crippen MR) is 78.4 cm³/mol. The maximum Gasteiger partial charge on any atom is 0.255 e. The Labute approximate surface area is 120 Å². The van der Waals surface area contributed by atoms with Crippen molar-refractivity contribution in [3.63, 3.8) is 0 Å². The van der Waals surface area contributed by atoms with Crippen molar-refractivity contribution in [1.82, 2.24) is 10.2 Å². The van der Waals surface area contributed by atoms with Crippen LogP contribution in [0.15, 0.2) is 60.8 Å². The van der Waals surface area contributed by atoms with E-state index in [0.717, 1.165) is 11.3 Å². The average molecular weight is 281 g/mol. The normalized spacial score (nSPS) is 10.3. The van der Waals surface area contributed by atoms with Crippen LogP contribution in [-0.2, 0) is 0 Å². The van der Waals surface area contributed by atoms with E-state index in [4.69, 9.17) is 0 Å². The van der Waals surface area contributed by atoms with Gasteiger partial charge in [-0.3, -0.25) is 9.89 Å². The first-order valence-electron chi connectivity index (χ1n) is 6.39. The number of hydrogen-bond acceptors (Lipinski definition) is 2. The molecule has 104 valence electrons. The van der Waals surface area contributed by atoms with Crippen molar-refractivity contribution in [1.29, 1.82) is 0 Å². The van der Waals surface area contributed by atoms with Crippen LogP contribution in [0.4, 0.5) is 10.1 Å². The van der Waals surface area contributed by atoms with Crippen LogP contribution < -0.4 is 5.32 Å². The molecule has 0 spiro atoms. The van der Waals surface area contributed by atoms with Crippen molar-refractivity contribution < 1.29 is 9.18 Å². The molecule has 0 bridgehead atoms. The third kappa shape index (κ3) is 2.97. The number of nitrogens with one attached hydrogen (secondary N) is 2. The summed E-state index contributed by atoms with van der Waals surface area (Å²) >= 11 is 0. The number of aromatic nitrogens is 2. The Kier molecular flexibility index (Phi) is 3.47. The summed E-state index contributed by atoms with van der Waals surface area (Å²) in [5.41, 5.74) is 2.97. The van der Waals surface area contributed by atoms with Gasteiger partial charge in [0.05, 0.1) is 5.69 Å². The van der Waals surface area contributed by atoms with Gasteiger partial charge in [-0.1, -0.05) is 12.1 Å². The van der Waals surface area contributed by atoms with E-state index < -0.39 is 0 Å². The van der Waals surface area contributed by atoms with Crippen LogP contribution in [-0.4, -0.2) is 16.1 Å². The summed E-state index contributed by atoms with van der Waals surface area (Å²) < 4.78 is 12.8. The molecule has 0 unspecified atom stereocenters. The standard InChI is InChI=1S/C16H12FN3O/c17-13-5-1-12(2-6-13)16(21)19-14-7-3-11(4-8-14)15-9-10-18-20-15/h1-10H,(H,18,20)(H,19,21). The highest BCUT2D eigenvalue weighted by molar-refractivity contribution is 6.04. The van der Waals surface area contributed by atoms with E-state index in [9.17, 15) is 9.18 Å². The zero-order chi connectivity index (χ0) is 14.7. The molecule has 0 aliphatic carbocycles. The SMILES string of the molecule is O=C(Nc1ccc(-c2ccn[nH]2)cc1)c1ccc(F)cc1. The third-order valence-electron chi connectivity index (χ3n) is 3.06. The minimum absolute atomic E-state index is 0.274. The summed E-state index contributed by atoms with van der Waals surface area (Å²) in [6.45, 7) is 0. The van der Waals surface area contributed by atoms with Gasteiger partial charge in [0.2, 0.25) is 0 Å². The molecule has 0 aliphatic heterocycles. The highest BCUT2D eigenvalue weighted by atomic mass is 19.1. The molecular formula is C16H12FN3O. The first-order valence-corrected chi connectivity index (χ1v) is 6.39. The second-order valence-corrected chi connectivity index (χ2v) is 4.51. The lowest BCUT2D eigenvalue weighted by molar-refractivity contribution is 0.102. The van der Waals surface area contributed by atoms with E-state index in [1.54, 1.807) is 18.3 Å². The fourth-order valence-electron chi connectivity index (χ4n) is 1.95. The number of anilines is 1. The van der Waals surface area contributed by atoms with Gasteiger partial charge in [-0.15, -0.1) is 0 Å². The summed E-state index contributed by atoms with van der Waals surface area (Å²) in [5.74, 6) is -0.639.